The molecule has 0 amide bonds. The Labute approximate surface area is 126 Å². The second kappa shape index (κ2) is 5.50. The Balaban J connectivity index is 2.09. The lowest BCUT2D eigenvalue weighted by Crippen LogP contribution is -2.26. The largest absolute Gasteiger partial charge is 0.312 e. The molecule has 0 saturated heterocycles. The van der Waals surface area contributed by atoms with Crippen LogP contribution in [-0.4, -0.2) is 22.1 Å². The van der Waals surface area contributed by atoms with E-state index in [1.165, 1.54) is 11.1 Å². The van der Waals surface area contributed by atoms with Crippen LogP contribution in [0.3, 0.4) is 0 Å². The van der Waals surface area contributed by atoms with Crippen LogP contribution < -0.4 is 5.32 Å². The van der Waals surface area contributed by atoms with Crippen molar-refractivity contribution in [3.8, 4) is 0 Å². The van der Waals surface area contributed by atoms with Gasteiger partial charge in [-0.1, -0.05) is 18.2 Å². The van der Waals surface area contributed by atoms with Crippen LogP contribution in [0.25, 0.3) is 0 Å². The molecule has 1 aliphatic rings. The van der Waals surface area contributed by atoms with Crippen molar-refractivity contribution in [3.63, 3.8) is 0 Å². The van der Waals surface area contributed by atoms with Crippen LogP contribution in [0.5, 0.6) is 0 Å². The number of hydrogen-bond donors (Lipinski definition) is 1. The first-order valence-corrected chi connectivity index (χ1v) is 7.59. The normalized spacial score (nSPS) is 14.1. The minimum absolute atomic E-state index is 0.0509. The van der Waals surface area contributed by atoms with Gasteiger partial charge in [-0.15, -0.1) is 0 Å². The first-order valence-electron chi connectivity index (χ1n) is 6.80. The summed E-state index contributed by atoms with van der Waals surface area (Å²) in [4.78, 5) is 12.9. The van der Waals surface area contributed by atoms with Crippen molar-refractivity contribution in [1.82, 2.24) is 15.1 Å². The zero-order valence-corrected chi connectivity index (χ0v) is 12.9. The van der Waals surface area contributed by atoms with Gasteiger partial charge in [-0.05, 0) is 46.9 Å². The summed E-state index contributed by atoms with van der Waals surface area (Å²) in [6.07, 6.45) is 2.59. The van der Waals surface area contributed by atoms with Crippen LogP contribution >= 0.6 is 15.9 Å². The lowest BCUT2D eigenvalue weighted by atomic mass is 9.92. The maximum absolute atomic E-state index is 12.9. The van der Waals surface area contributed by atoms with E-state index in [1.54, 1.807) is 10.9 Å². The van der Waals surface area contributed by atoms with Crippen molar-refractivity contribution in [2.45, 2.75) is 26.4 Å². The fourth-order valence-electron chi connectivity index (χ4n) is 2.70. The second-order valence-electron chi connectivity index (χ2n) is 4.86. The molecule has 2 heterocycles. The fourth-order valence-corrected chi connectivity index (χ4v) is 3.18. The third kappa shape index (κ3) is 2.21. The average molecular weight is 334 g/mol. The summed E-state index contributed by atoms with van der Waals surface area (Å²) in [5.74, 6) is 0.0509. The molecular weight excluding hydrogens is 318 g/mol. The summed E-state index contributed by atoms with van der Waals surface area (Å²) in [6.45, 7) is 4.43. The minimum atomic E-state index is 0.0509. The van der Waals surface area contributed by atoms with E-state index >= 15 is 0 Å². The molecule has 1 aromatic heterocycles. The number of aryl methyl sites for hydroxylation is 1. The lowest BCUT2D eigenvalue weighted by Gasteiger charge is -2.20. The number of nitrogens with zero attached hydrogens (tertiary/aromatic N) is 2. The van der Waals surface area contributed by atoms with Crippen molar-refractivity contribution in [1.29, 1.82) is 0 Å². The smallest absolute Gasteiger partial charge is 0.212 e. The lowest BCUT2D eigenvalue weighted by molar-refractivity contribution is 0.102. The van der Waals surface area contributed by atoms with E-state index in [2.05, 4.69) is 32.4 Å². The highest BCUT2D eigenvalue weighted by atomic mass is 79.9. The number of ketones is 1. The molecule has 5 heteroatoms. The summed E-state index contributed by atoms with van der Waals surface area (Å²) >= 11 is 3.44. The third-order valence-corrected chi connectivity index (χ3v) is 4.27. The van der Waals surface area contributed by atoms with Gasteiger partial charge in [0.25, 0.3) is 0 Å². The van der Waals surface area contributed by atoms with E-state index in [9.17, 15) is 4.79 Å². The van der Waals surface area contributed by atoms with E-state index < -0.39 is 0 Å². The number of hydrogen-bond acceptors (Lipinski definition) is 3. The SMILES string of the molecule is CCn1ncc(Br)c1C(=O)c1cccc2c1CCNC2. The van der Waals surface area contributed by atoms with Gasteiger partial charge in [-0.25, -0.2) is 0 Å². The first kappa shape index (κ1) is 13.5. The summed E-state index contributed by atoms with van der Waals surface area (Å²) in [5, 5.41) is 7.57. The molecule has 0 radical (unpaired) electrons. The molecule has 1 aromatic carbocycles. The maximum atomic E-state index is 12.9. The van der Waals surface area contributed by atoms with Gasteiger partial charge in [0.05, 0.1) is 10.7 Å². The van der Waals surface area contributed by atoms with Gasteiger partial charge in [0, 0.05) is 18.7 Å². The van der Waals surface area contributed by atoms with E-state index in [1.807, 2.05) is 19.1 Å². The highest BCUT2D eigenvalue weighted by Crippen LogP contribution is 2.25. The van der Waals surface area contributed by atoms with Crippen molar-refractivity contribution < 1.29 is 4.79 Å². The van der Waals surface area contributed by atoms with Crippen molar-refractivity contribution in [3.05, 3.63) is 51.3 Å². The minimum Gasteiger partial charge on any atom is -0.312 e. The van der Waals surface area contributed by atoms with E-state index in [0.29, 0.717) is 12.2 Å². The van der Waals surface area contributed by atoms with Gasteiger partial charge >= 0.3 is 0 Å². The standard InChI is InChI=1S/C15H16BrN3O/c1-2-19-14(13(16)9-18-19)15(20)12-5-3-4-10-8-17-7-6-11(10)12/h3-5,9,17H,2,6-8H2,1H3. The van der Waals surface area contributed by atoms with Crippen molar-refractivity contribution in [2.75, 3.05) is 6.54 Å². The molecule has 0 saturated carbocycles. The molecule has 3 rings (SSSR count). The van der Waals surface area contributed by atoms with Crippen LogP contribution in [0.1, 0.15) is 34.1 Å². The van der Waals surface area contributed by atoms with Crippen LogP contribution in [0.4, 0.5) is 0 Å². The van der Waals surface area contributed by atoms with Gasteiger partial charge in [0.1, 0.15) is 5.69 Å². The van der Waals surface area contributed by atoms with Crippen LogP contribution in [0, 0.1) is 0 Å². The molecular formula is C15H16BrN3O. The quantitative estimate of drug-likeness (QED) is 0.878. The Morgan fingerprint density at radius 1 is 1.50 bits per heavy atom. The molecule has 1 N–H and O–H groups in total. The molecule has 0 bridgehead atoms. The number of benzene rings is 1. The van der Waals surface area contributed by atoms with Gasteiger partial charge in [0.15, 0.2) is 0 Å². The topological polar surface area (TPSA) is 46.9 Å². The number of halogens is 1. The van der Waals surface area contributed by atoms with Gasteiger partial charge in [-0.2, -0.15) is 5.10 Å². The predicted molar refractivity (Wildman–Crippen MR) is 80.9 cm³/mol. The zero-order valence-electron chi connectivity index (χ0n) is 11.3. The average Bonchev–Trinajstić information content (AvgIpc) is 2.87. The number of carbonyl (C=O) groups excluding carboxylic acids is 1. The fraction of sp³-hybridized carbons (Fsp3) is 0.333. The maximum Gasteiger partial charge on any atom is 0.212 e. The van der Waals surface area contributed by atoms with Gasteiger partial charge in [-0.3, -0.25) is 9.48 Å². The molecule has 104 valence electrons. The monoisotopic (exact) mass is 333 g/mol. The van der Waals surface area contributed by atoms with Gasteiger partial charge in [0.2, 0.25) is 5.78 Å². The van der Waals surface area contributed by atoms with E-state index in [0.717, 1.165) is 29.5 Å². The van der Waals surface area contributed by atoms with Crippen molar-refractivity contribution in [2.24, 2.45) is 0 Å². The van der Waals surface area contributed by atoms with Gasteiger partial charge < -0.3 is 5.32 Å². The Kier molecular flexibility index (Phi) is 3.72. The number of aromatic nitrogens is 2. The number of rotatable bonds is 3. The van der Waals surface area contributed by atoms with E-state index in [-0.39, 0.29) is 5.78 Å². The summed E-state index contributed by atoms with van der Waals surface area (Å²) in [7, 11) is 0. The number of nitrogens with one attached hydrogen (secondary N) is 1. The molecule has 0 unspecified atom stereocenters. The Morgan fingerprint density at radius 3 is 3.15 bits per heavy atom. The zero-order chi connectivity index (χ0) is 14.1. The molecule has 20 heavy (non-hydrogen) atoms. The molecule has 0 fully saturated rings. The Bertz CT molecular complexity index is 663. The summed E-state index contributed by atoms with van der Waals surface area (Å²) < 4.78 is 2.50. The summed E-state index contributed by atoms with van der Waals surface area (Å²) in [6, 6.07) is 5.97. The predicted octanol–water partition coefficient (Wildman–Crippen LogP) is 2.54. The highest BCUT2D eigenvalue weighted by molar-refractivity contribution is 9.10. The van der Waals surface area contributed by atoms with E-state index in [4.69, 9.17) is 0 Å². The number of fused-ring (bicyclic) bond motifs is 1. The molecule has 4 nitrogen and oxygen atoms in total. The Morgan fingerprint density at radius 2 is 2.35 bits per heavy atom. The first-order chi connectivity index (χ1) is 9.72. The molecule has 0 spiro atoms. The van der Waals surface area contributed by atoms with Crippen molar-refractivity contribution >= 4 is 21.7 Å². The molecule has 1 aliphatic heterocycles. The van der Waals surface area contributed by atoms with Crippen LogP contribution in [-0.2, 0) is 19.5 Å². The molecule has 2 aromatic rings. The Hall–Kier alpha value is -1.46. The molecule has 0 atom stereocenters. The third-order valence-electron chi connectivity index (χ3n) is 3.69. The van der Waals surface area contributed by atoms with Crippen LogP contribution in [0.15, 0.2) is 28.9 Å². The second-order valence-corrected chi connectivity index (χ2v) is 5.71. The number of carbonyl (C=O) groups is 1. The highest BCUT2D eigenvalue weighted by Gasteiger charge is 2.23. The molecule has 0 aliphatic carbocycles. The summed E-state index contributed by atoms with van der Waals surface area (Å²) in [5.41, 5.74) is 3.84. The van der Waals surface area contributed by atoms with Crippen LogP contribution in [0.2, 0.25) is 0 Å².